The van der Waals surface area contributed by atoms with E-state index in [0.29, 0.717) is 0 Å². The molecule has 29 heavy (non-hydrogen) atoms. The zero-order valence-electron chi connectivity index (χ0n) is 16.5. The first kappa shape index (κ1) is 16.3. The number of benzene rings is 2. The molecule has 2 aromatic rings. The van der Waals surface area contributed by atoms with Crippen molar-refractivity contribution in [2.45, 2.75) is 38.5 Å². The first-order chi connectivity index (χ1) is 14.2. The Hall–Kier alpha value is -2.48. The van der Waals surface area contributed by atoms with Crippen LogP contribution in [-0.2, 0) is 25.7 Å². The summed E-state index contributed by atoms with van der Waals surface area (Å²) in [5.74, 6) is 0.577. The highest BCUT2D eigenvalue weighted by Crippen LogP contribution is 2.66. The molecule has 0 amide bonds. The van der Waals surface area contributed by atoms with Crippen molar-refractivity contribution in [1.29, 1.82) is 0 Å². The molecule has 1 saturated carbocycles. The normalized spacial score (nSPS) is 32.3. The Morgan fingerprint density at radius 3 is 1.66 bits per heavy atom. The van der Waals surface area contributed by atoms with Gasteiger partial charge in [-0.3, -0.25) is 9.59 Å². The molecule has 0 radical (unpaired) electrons. The zero-order chi connectivity index (χ0) is 19.3. The summed E-state index contributed by atoms with van der Waals surface area (Å²) in [4.78, 5) is 27.5. The second-order valence-corrected chi connectivity index (χ2v) is 9.95. The van der Waals surface area contributed by atoms with Crippen molar-refractivity contribution in [3.05, 3.63) is 81.9 Å². The molecule has 1 spiro atoms. The van der Waals surface area contributed by atoms with Crippen molar-refractivity contribution in [3.8, 4) is 0 Å². The Bertz CT molecular complexity index is 1050. The molecule has 0 N–H and O–H groups in total. The number of Topliss-reactive ketones (excluding diaryl/α,β-unsaturated/α-hetero) is 2. The van der Waals surface area contributed by atoms with Crippen LogP contribution in [0.1, 0.15) is 55.8 Å². The number of fused-ring (bicyclic) bond motifs is 6. The second kappa shape index (κ2) is 5.36. The molecule has 7 rings (SSSR count). The van der Waals surface area contributed by atoms with Gasteiger partial charge < -0.3 is 0 Å². The van der Waals surface area contributed by atoms with Crippen LogP contribution >= 0.6 is 0 Å². The summed E-state index contributed by atoms with van der Waals surface area (Å²) in [5, 5.41) is 0. The topological polar surface area (TPSA) is 34.1 Å². The number of hydrogen-bond donors (Lipinski definition) is 0. The van der Waals surface area contributed by atoms with E-state index in [-0.39, 0.29) is 40.7 Å². The number of rotatable bonds is 0. The number of hydrogen-bond acceptors (Lipinski definition) is 2. The van der Waals surface area contributed by atoms with Crippen LogP contribution in [0.5, 0.6) is 0 Å². The third kappa shape index (κ3) is 1.89. The van der Waals surface area contributed by atoms with Gasteiger partial charge in [-0.2, -0.15) is 0 Å². The van der Waals surface area contributed by atoms with Gasteiger partial charge in [-0.25, -0.2) is 0 Å². The van der Waals surface area contributed by atoms with Gasteiger partial charge in [0, 0.05) is 23.0 Å². The number of carbonyl (C=O) groups excluding carboxylic acids is 2. The maximum Gasteiger partial charge on any atom is 0.168 e. The van der Waals surface area contributed by atoms with Gasteiger partial charge >= 0.3 is 0 Å². The van der Waals surface area contributed by atoms with Gasteiger partial charge in [0.25, 0.3) is 0 Å². The first-order valence-corrected chi connectivity index (χ1v) is 11.2. The summed E-state index contributed by atoms with van der Waals surface area (Å²) in [5.41, 5.74) is 6.92. The third-order valence-electron chi connectivity index (χ3n) is 8.79. The molecule has 0 aliphatic heterocycles. The largest absolute Gasteiger partial charge is 0.294 e. The lowest BCUT2D eigenvalue weighted by Gasteiger charge is -2.32. The molecule has 0 heterocycles. The van der Waals surface area contributed by atoms with Crippen molar-refractivity contribution in [2.24, 2.45) is 29.1 Å². The van der Waals surface area contributed by atoms with Crippen LogP contribution in [0.25, 0.3) is 0 Å². The van der Waals surface area contributed by atoms with Gasteiger partial charge in [-0.15, -0.1) is 0 Å². The second-order valence-electron chi connectivity index (χ2n) is 9.95. The van der Waals surface area contributed by atoms with E-state index in [4.69, 9.17) is 0 Å². The zero-order valence-corrected chi connectivity index (χ0v) is 16.5. The van der Waals surface area contributed by atoms with Gasteiger partial charge in [-0.05, 0) is 90.2 Å². The fraction of sp³-hybridized carbons (Fsp3) is 0.407. The minimum absolute atomic E-state index is 0.0337. The Morgan fingerprint density at radius 1 is 0.690 bits per heavy atom. The van der Waals surface area contributed by atoms with E-state index in [1.165, 1.54) is 35.1 Å². The van der Waals surface area contributed by atoms with Crippen LogP contribution in [0, 0.1) is 29.1 Å². The van der Waals surface area contributed by atoms with E-state index in [1.807, 2.05) is 0 Å². The summed E-state index contributed by atoms with van der Waals surface area (Å²) in [6.45, 7) is 0. The molecule has 2 bridgehead atoms. The third-order valence-corrected chi connectivity index (χ3v) is 8.79. The maximum absolute atomic E-state index is 13.7. The van der Waals surface area contributed by atoms with Gasteiger partial charge in [0.2, 0.25) is 0 Å². The minimum atomic E-state index is -0.152. The van der Waals surface area contributed by atoms with E-state index >= 15 is 0 Å². The molecular formula is C27H24O2. The van der Waals surface area contributed by atoms with Crippen molar-refractivity contribution >= 4 is 11.6 Å². The lowest BCUT2D eigenvalue weighted by Crippen LogP contribution is -2.39. The average molecular weight is 380 g/mol. The van der Waals surface area contributed by atoms with Crippen molar-refractivity contribution in [3.63, 3.8) is 0 Å². The van der Waals surface area contributed by atoms with Crippen molar-refractivity contribution in [2.75, 3.05) is 0 Å². The first-order valence-electron chi connectivity index (χ1n) is 11.2. The summed E-state index contributed by atoms with van der Waals surface area (Å²) in [7, 11) is 0. The van der Waals surface area contributed by atoms with Crippen LogP contribution in [0.3, 0.4) is 0 Å². The van der Waals surface area contributed by atoms with E-state index in [1.54, 1.807) is 0 Å². The highest BCUT2D eigenvalue weighted by Gasteiger charge is 2.67. The summed E-state index contributed by atoms with van der Waals surface area (Å²) >= 11 is 0. The monoisotopic (exact) mass is 380 g/mol. The van der Waals surface area contributed by atoms with E-state index < -0.39 is 0 Å². The smallest absolute Gasteiger partial charge is 0.168 e. The lowest BCUT2D eigenvalue weighted by molar-refractivity contribution is 0.0720. The summed E-state index contributed by atoms with van der Waals surface area (Å²) < 4.78 is 0. The van der Waals surface area contributed by atoms with Crippen LogP contribution < -0.4 is 0 Å². The Labute approximate surface area is 171 Å². The van der Waals surface area contributed by atoms with E-state index in [9.17, 15) is 9.59 Å². The molecule has 1 fully saturated rings. The standard InChI is InChI=1S/C27H24O2/c28-25-19-11-15-5-1-2-6-16(15)12-20(19)26(29)24-22-10-9-21(23(24)25)27(22)13-17-7-3-4-8-18(17)14-27/h3-4,7-12,21-24H,1-2,5-6,13-14H2. The van der Waals surface area contributed by atoms with Gasteiger partial charge in [0.15, 0.2) is 11.6 Å². The number of carbonyl (C=O) groups is 2. The van der Waals surface area contributed by atoms with Gasteiger partial charge in [0.1, 0.15) is 0 Å². The molecule has 5 aliphatic rings. The molecule has 2 aromatic carbocycles. The molecular weight excluding hydrogens is 356 g/mol. The van der Waals surface area contributed by atoms with Crippen LogP contribution in [0.2, 0.25) is 0 Å². The predicted octanol–water partition coefficient (Wildman–Crippen LogP) is 4.78. The highest BCUT2D eigenvalue weighted by atomic mass is 16.1. The summed E-state index contributed by atoms with van der Waals surface area (Å²) in [6.07, 6.45) is 11.0. The molecule has 2 nitrogen and oxygen atoms in total. The lowest BCUT2D eigenvalue weighted by atomic mass is 9.68. The summed E-state index contributed by atoms with van der Waals surface area (Å²) in [6, 6.07) is 12.9. The molecule has 0 saturated heterocycles. The average Bonchev–Trinajstić information content (AvgIpc) is 3.39. The van der Waals surface area contributed by atoms with Crippen molar-refractivity contribution in [1.82, 2.24) is 0 Å². The molecule has 2 heteroatoms. The molecule has 144 valence electrons. The number of aryl methyl sites for hydroxylation is 2. The molecule has 4 unspecified atom stereocenters. The fourth-order valence-electron chi connectivity index (χ4n) is 7.60. The van der Waals surface area contributed by atoms with Crippen molar-refractivity contribution < 1.29 is 9.59 Å². The van der Waals surface area contributed by atoms with Crippen LogP contribution in [-0.4, -0.2) is 11.6 Å². The number of ketones is 2. The quantitative estimate of drug-likeness (QED) is 0.617. The SMILES string of the molecule is O=C1c2cc3c(cc2C(=O)C2C1C1C=CC2C12Cc1ccccc1C2)CCCC3. The minimum Gasteiger partial charge on any atom is -0.294 e. The fourth-order valence-corrected chi connectivity index (χ4v) is 7.60. The van der Waals surface area contributed by atoms with Crippen LogP contribution in [0.4, 0.5) is 0 Å². The predicted molar refractivity (Wildman–Crippen MR) is 111 cm³/mol. The Morgan fingerprint density at radius 2 is 1.17 bits per heavy atom. The van der Waals surface area contributed by atoms with Gasteiger partial charge in [0.05, 0.1) is 0 Å². The Kier molecular flexibility index (Phi) is 3.02. The molecule has 4 atom stereocenters. The van der Waals surface area contributed by atoms with E-state index in [2.05, 4.69) is 48.6 Å². The van der Waals surface area contributed by atoms with Gasteiger partial charge in [-0.1, -0.05) is 36.4 Å². The maximum atomic E-state index is 13.7. The van der Waals surface area contributed by atoms with E-state index in [0.717, 1.165) is 36.8 Å². The number of allylic oxidation sites excluding steroid dienone is 2. The highest BCUT2D eigenvalue weighted by molar-refractivity contribution is 6.17. The molecule has 0 aromatic heterocycles. The molecule has 5 aliphatic carbocycles. The Balaban J connectivity index is 1.36. The van der Waals surface area contributed by atoms with Crippen LogP contribution in [0.15, 0.2) is 48.6 Å².